The molecule has 0 fully saturated rings. The van der Waals surface area contributed by atoms with Crippen molar-refractivity contribution in [1.29, 1.82) is 0 Å². The summed E-state index contributed by atoms with van der Waals surface area (Å²) in [6.45, 7) is 8.29. The summed E-state index contributed by atoms with van der Waals surface area (Å²) in [5.74, 6) is 0. The molecule has 0 aliphatic carbocycles. The zero-order valence-corrected chi connectivity index (χ0v) is 15.0. The molecule has 4 nitrogen and oxygen atoms in total. The minimum atomic E-state index is -0.191. The number of thioether (sulfide) groups is 1. The molecule has 3 atom stereocenters. The number of urea groups is 1. The highest BCUT2D eigenvalue weighted by Crippen LogP contribution is 2.34. The van der Waals surface area contributed by atoms with Crippen LogP contribution in [0.1, 0.15) is 38.6 Å². The number of aliphatic hydroxyl groups is 1. The van der Waals surface area contributed by atoms with Crippen molar-refractivity contribution in [1.82, 2.24) is 10.6 Å². The van der Waals surface area contributed by atoms with Gasteiger partial charge in [0.25, 0.3) is 0 Å². The van der Waals surface area contributed by atoms with Gasteiger partial charge in [-0.3, -0.25) is 0 Å². The van der Waals surface area contributed by atoms with Crippen LogP contribution in [0.25, 0.3) is 0 Å². The Hall–Kier alpha value is -0.720. The Kier molecular flexibility index (Phi) is 7.03. The van der Waals surface area contributed by atoms with Crippen LogP contribution in [0.3, 0.4) is 0 Å². The molecule has 0 aliphatic rings. The van der Waals surface area contributed by atoms with Crippen molar-refractivity contribution in [3.05, 3.63) is 22.4 Å². The Labute approximate surface area is 135 Å². The molecule has 0 aromatic carbocycles. The molecule has 0 spiro atoms. The molecule has 0 saturated heterocycles. The molecule has 1 heterocycles. The molecule has 6 heteroatoms. The molecule has 1 aromatic heterocycles. The first-order valence-electron chi connectivity index (χ1n) is 7.03. The molecular weight excluding hydrogens is 304 g/mol. The number of aliphatic hydroxyl groups excluding tert-OH is 1. The Bertz CT molecular complexity index is 425. The predicted molar refractivity (Wildman–Crippen MR) is 92.0 cm³/mol. The standard InChI is InChI=1S/C15H26N2O2S2/c1-10(12(9-18)20-5)16-14(19)17-13(15(2,3)4)11-7-6-8-21-11/h6-8,10,12-13,18H,9H2,1-5H3,(H2,16,17,19). The van der Waals surface area contributed by atoms with Crippen molar-refractivity contribution >= 4 is 29.1 Å². The highest BCUT2D eigenvalue weighted by molar-refractivity contribution is 7.99. The van der Waals surface area contributed by atoms with Gasteiger partial charge in [-0.15, -0.1) is 11.3 Å². The van der Waals surface area contributed by atoms with Crippen LogP contribution in [-0.2, 0) is 0 Å². The third kappa shape index (κ3) is 5.52. The summed E-state index contributed by atoms with van der Waals surface area (Å²) in [6, 6.07) is 3.72. The van der Waals surface area contributed by atoms with E-state index < -0.39 is 0 Å². The molecule has 0 aliphatic heterocycles. The minimum absolute atomic E-state index is 0.00516. The van der Waals surface area contributed by atoms with Crippen LogP contribution >= 0.6 is 23.1 Å². The highest BCUT2D eigenvalue weighted by Gasteiger charge is 2.29. The van der Waals surface area contributed by atoms with Crippen LogP contribution in [0.4, 0.5) is 4.79 Å². The van der Waals surface area contributed by atoms with E-state index >= 15 is 0 Å². The molecular formula is C15H26N2O2S2. The van der Waals surface area contributed by atoms with Gasteiger partial charge < -0.3 is 15.7 Å². The van der Waals surface area contributed by atoms with Gasteiger partial charge in [-0.05, 0) is 30.0 Å². The largest absolute Gasteiger partial charge is 0.395 e. The normalized spacial score (nSPS) is 16.1. The molecule has 1 rings (SSSR count). The van der Waals surface area contributed by atoms with Gasteiger partial charge in [0.05, 0.1) is 12.6 Å². The van der Waals surface area contributed by atoms with E-state index in [1.165, 1.54) is 0 Å². The zero-order valence-electron chi connectivity index (χ0n) is 13.3. The van der Waals surface area contributed by atoms with Gasteiger partial charge >= 0.3 is 6.03 Å². The number of nitrogens with one attached hydrogen (secondary N) is 2. The van der Waals surface area contributed by atoms with Crippen molar-refractivity contribution in [2.45, 2.75) is 45.0 Å². The summed E-state index contributed by atoms with van der Waals surface area (Å²) in [7, 11) is 0. The third-order valence-corrected chi connectivity index (χ3v) is 5.47. The van der Waals surface area contributed by atoms with Gasteiger partial charge in [0.1, 0.15) is 0 Å². The smallest absolute Gasteiger partial charge is 0.315 e. The lowest BCUT2D eigenvalue weighted by Crippen LogP contribution is -2.48. The van der Waals surface area contributed by atoms with Gasteiger partial charge in [0.2, 0.25) is 0 Å². The van der Waals surface area contributed by atoms with E-state index in [1.54, 1.807) is 23.1 Å². The van der Waals surface area contributed by atoms with Crippen LogP contribution in [0, 0.1) is 5.41 Å². The van der Waals surface area contributed by atoms with Crippen LogP contribution in [0.2, 0.25) is 0 Å². The van der Waals surface area contributed by atoms with Gasteiger partial charge in [-0.2, -0.15) is 11.8 Å². The molecule has 2 amide bonds. The number of carbonyl (C=O) groups excluding carboxylic acids is 1. The molecule has 21 heavy (non-hydrogen) atoms. The summed E-state index contributed by atoms with van der Waals surface area (Å²) < 4.78 is 0. The van der Waals surface area contributed by atoms with Crippen molar-refractivity contribution in [3.63, 3.8) is 0 Å². The van der Waals surface area contributed by atoms with Crippen LogP contribution in [0.15, 0.2) is 17.5 Å². The second-order valence-corrected chi connectivity index (χ2v) is 8.23. The lowest BCUT2D eigenvalue weighted by Gasteiger charge is -2.32. The molecule has 0 radical (unpaired) electrons. The summed E-state index contributed by atoms with van der Waals surface area (Å²) in [5, 5.41) is 17.3. The quantitative estimate of drug-likeness (QED) is 0.750. The highest BCUT2D eigenvalue weighted by atomic mass is 32.2. The van der Waals surface area contributed by atoms with Crippen molar-refractivity contribution in [2.75, 3.05) is 12.9 Å². The second kappa shape index (κ2) is 8.06. The molecule has 120 valence electrons. The SMILES string of the molecule is CSC(CO)C(C)NC(=O)NC(c1cccs1)C(C)(C)C. The van der Waals surface area contributed by atoms with Crippen molar-refractivity contribution in [2.24, 2.45) is 5.41 Å². The summed E-state index contributed by atoms with van der Waals surface area (Å²) in [5.41, 5.74) is -0.0681. The maximum Gasteiger partial charge on any atom is 0.315 e. The van der Waals surface area contributed by atoms with E-state index in [-0.39, 0.29) is 35.4 Å². The summed E-state index contributed by atoms with van der Waals surface area (Å²) in [4.78, 5) is 13.4. The van der Waals surface area contributed by atoms with Crippen LogP contribution in [-0.4, -0.2) is 35.3 Å². The van der Waals surface area contributed by atoms with E-state index in [0.29, 0.717) is 0 Å². The van der Waals surface area contributed by atoms with Crippen LogP contribution in [0.5, 0.6) is 0 Å². The van der Waals surface area contributed by atoms with E-state index in [9.17, 15) is 9.90 Å². The van der Waals surface area contributed by atoms with Crippen molar-refractivity contribution < 1.29 is 9.90 Å². The van der Waals surface area contributed by atoms with Crippen molar-refractivity contribution in [3.8, 4) is 0 Å². The second-order valence-electron chi connectivity index (χ2n) is 6.18. The first-order valence-corrected chi connectivity index (χ1v) is 9.20. The van der Waals surface area contributed by atoms with E-state index in [0.717, 1.165) is 4.88 Å². The lowest BCUT2D eigenvalue weighted by molar-refractivity contribution is 0.213. The Morgan fingerprint density at radius 3 is 2.52 bits per heavy atom. The van der Waals surface area contributed by atoms with E-state index in [1.807, 2.05) is 30.7 Å². The van der Waals surface area contributed by atoms with Gasteiger partial charge in [-0.25, -0.2) is 4.79 Å². The van der Waals surface area contributed by atoms with Crippen LogP contribution < -0.4 is 10.6 Å². The average Bonchev–Trinajstić information content (AvgIpc) is 2.89. The van der Waals surface area contributed by atoms with E-state index in [4.69, 9.17) is 0 Å². The third-order valence-electron chi connectivity index (χ3n) is 3.37. The molecule has 3 unspecified atom stereocenters. The Balaban J connectivity index is 2.70. The Morgan fingerprint density at radius 2 is 2.10 bits per heavy atom. The molecule has 3 N–H and O–H groups in total. The summed E-state index contributed by atoms with van der Waals surface area (Å²) >= 11 is 3.20. The summed E-state index contributed by atoms with van der Waals surface area (Å²) in [6.07, 6.45) is 1.93. The Morgan fingerprint density at radius 1 is 1.43 bits per heavy atom. The number of rotatable bonds is 6. The number of amides is 2. The van der Waals surface area contributed by atoms with Gasteiger partial charge in [0.15, 0.2) is 0 Å². The predicted octanol–water partition coefficient (Wildman–Crippen LogP) is 3.25. The topological polar surface area (TPSA) is 61.4 Å². The fourth-order valence-corrected chi connectivity index (χ4v) is 3.72. The molecule has 1 aromatic rings. The monoisotopic (exact) mass is 330 g/mol. The lowest BCUT2D eigenvalue weighted by atomic mass is 9.86. The fraction of sp³-hybridized carbons (Fsp3) is 0.667. The molecule has 0 bridgehead atoms. The van der Waals surface area contributed by atoms with Gasteiger partial charge in [-0.1, -0.05) is 26.8 Å². The maximum atomic E-state index is 12.2. The maximum absolute atomic E-state index is 12.2. The first-order chi connectivity index (χ1) is 9.79. The number of hydrogen-bond acceptors (Lipinski definition) is 4. The number of carbonyl (C=O) groups is 1. The molecule has 0 saturated carbocycles. The van der Waals surface area contributed by atoms with Gasteiger partial charge in [0, 0.05) is 16.2 Å². The zero-order chi connectivity index (χ0) is 16.0. The fourth-order valence-electron chi connectivity index (χ4n) is 2.08. The number of thiophene rings is 1. The van der Waals surface area contributed by atoms with E-state index in [2.05, 4.69) is 31.4 Å². The minimum Gasteiger partial charge on any atom is -0.395 e. The average molecular weight is 331 g/mol. The number of hydrogen-bond donors (Lipinski definition) is 3. The first kappa shape index (κ1) is 18.3.